The molecule has 0 unspecified atom stereocenters. The zero-order chi connectivity index (χ0) is 18.6. The molecule has 0 saturated carbocycles. The van der Waals surface area contributed by atoms with Crippen LogP contribution in [0, 0.1) is 12.7 Å². The average molecular weight is 367 g/mol. The Morgan fingerprint density at radius 2 is 1.76 bits per heavy atom. The minimum Gasteiger partial charge on any atom is -0.496 e. The van der Waals surface area contributed by atoms with Crippen molar-refractivity contribution in [3.05, 3.63) is 53.8 Å². The fraction of sp³-hybridized carbons (Fsp3) is 0.235. The Labute approximate surface area is 145 Å². The van der Waals surface area contributed by atoms with E-state index in [1.54, 1.807) is 6.92 Å². The highest BCUT2D eigenvalue weighted by Gasteiger charge is 2.28. The highest BCUT2D eigenvalue weighted by atomic mass is 32.2. The molecule has 0 fully saturated rings. The Morgan fingerprint density at radius 1 is 1.12 bits per heavy atom. The Bertz CT molecular complexity index is 865. The van der Waals surface area contributed by atoms with Gasteiger partial charge in [0.25, 0.3) is 10.0 Å². The molecule has 0 aliphatic carbocycles. The molecule has 0 radical (unpaired) electrons. The van der Waals surface area contributed by atoms with Crippen molar-refractivity contribution in [2.45, 2.75) is 11.8 Å². The number of ether oxygens (including phenoxy) is 2. The molecule has 8 heteroatoms. The van der Waals surface area contributed by atoms with E-state index in [1.807, 2.05) is 0 Å². The van der Waals surface area contributed by atoms with Crippen LogP contribution in [0.15, 0.2) is 47.4 Å². The van der Waals surface area contributed by atoms with E-state index in [2.05, 4.69) is 4.74 Å². The van der Waals surface area contributed by atoms with Gasteiger partial charge in [-0.3, -0.25) is 9.10 Å². The number of hydrogen-bond donors (Lipinski definition) is 0. The molecule has 0 spiro atoms. The lowest BCUT2D eigenvalue weighted by Gasteiger charge is -2.23. The van der Waals surface area contributed by atoms with Gasteiger partial charge in [0.1, 0.15) is 18.1 Å². The first kappa shape index (κ1) is 18.7. The number of benzene rings is 2. The van der Waals surface area contributed by atoms with Crippen molar-refractivity contribution in [3.63, 3.8) is 0 Å². The monoisotopic (exact) mass is 367 g/mol. The van der Waals surface area contributed by atoms with Gasteiger partial charge in [-0.15, -0.1) is 0 Å². The predicted octanol–water partition coefficient (Wildman–Crippen LogP) is 2.51. The fourth-order valence-electron chi connectivity index (χ4n) is 2.24. The summed E-state index contributed by atoms with van der Waals surface area (Å²) < 4.78 is 49.8. The Hall–Kier alpha value is -2.61. The van der Waals surface area contributed by atoms with Gasteiger partial charge >= 0.3 is 5.97 Å². The number of anilines is 1. The Balaban J connectivity index is 2.52. The van der Waals surface area contributed by atoms with Crippen LogP contribution in [0.2, 0.25) is 0 Å². The summed E-state index contributed by atoms with van der Waals surface area (Å²) in [5.41, 5.74) is 0.779. The summed E-state index contributed by atoms with van der Waals surface area (Å²) in [6, 6.07) is 9.17. The molecule has 25 heavy (non-hydrogen) atoms. The molecule has 0 N–H and O–H groups in total. The molecule has 0 aromatic heterocycles. The van der Waals surface area contributed by atoms with E-state index in [0.717, 1.165) is 23.5 Å². The van der Waals surface area contributed by atoms with E-state index in [0.29, 0.717) is 11.3 Å². The van der Waals surface area contributed by atoms with Crippen LogP contribution < -0.4 is 9.04 Å². The van der Waals surface area contributed by atoms with Crippen molar-refractivity contribution in [3.8, 4) is 5.75 Å². The average Bonchev–Trinajstić information content (AvgIpc) is 2.60. The third kappa shape index (κ3) is 4.08. The van der Waals surface area contributed by atoms with Crippen molar-refractivity contribution in [2.24, 2.45) is 0 Å². The number of carbonyl (C=O) groups excluding carboxylic acids is 1. The van der Waals surface area contributed by atoms with Gasteiger partial charge in [0, 0.05) is 0 Å². The second-order valence-electron chi connectivity index (χ2n) is 5.20. The fourth-order valence-corrected chi connectivity index (χ4v) is 3.74. The van der Waals surface area contributed by atoms with Crippen molar-refractivity contribution in [1.82, 2.24) is 0 Å². The lowest BCUT2D eigenvalue weighted by molar-refractivity contribution is -0.138. The van der Waals surface area contributed by atoms with Gasteiger partial charge in [-0.25, -0.2) is 12.8 Å². The normalized spacial score (nSPS) is 11.0. The van der Waals surface area contributed by atoms with E-state index >= 15 is 0 Å². The molecule has 0 atom stereocenters. The molecule has 0 saturated heterocycles. The number of carbonyl (C=O) groups is 1. The smallest absolute Gasteiger partial charge is 0.326 e. The minimum atomic E-state index is -4.07. The molecule has 0 aliphatic rings. The Morgan fingerprint density at radius 3 is 2.28 bits per heavy atom. The molecular weight excluding hydrogens is 349 g/mol. The van der Waals surface area contributed by atoms with Crippen molar-refractivity contribution >= 4 is 21.7 Å². The van der Waals surface area contributed by atoms with E-state index in [-0.39, 0.29) is 10.6 Å². The predicted molar refractivity (Wildman–Crippen MR) is 90.7 cm³/mol. The minimum absolute atomic E-state index is 0.0148. The second-order valence-corrected chi connectivity index (χ2v) is 7.06. The van der Waals surface area contributed by atoms with Gasteiger partial charge in [0.15, 0.2) is 0 Å². The molecule has 0 heterocycles. The summed E-state index contributed by atoms with van der Waals surface area (Å²) in [4.78, 5) is 11.7. The number of hydrogen-bond acceptors (Lipinski definition) is 5. The first-order valence-electron chi connectivity index (χ1n) is 7.29. The van der Waals surface area contributed by atoms with Gasteiger partial charge in [-0.05, 0) is 55.0 Å². The molecule has 0 aliphatic heterocycles. The summed E-state index contributed by atoms with van der Waals surface area (Å²) >= 11 is 0. The molecule has 0 bridgehead atoms. The zero-order valence-corrected chi connectivity index (χ0v) is 14.8. The quantitative estimate of drug-likeness (QED) is 0.734. The van der Waals surface area contributed by atoms with Gasteiger partial charge in [0.05, 0.1) is 24.8 Å². The number of methoxy groups -OCH3 is 2. The van der Waals surface area contributed by atoms with E-state index in [1.165, 1.54) is 37.4 Å². The number of halogens is 1. The largest absolute Gasteiger partial charge is 0.496 e. The van der Waals surface area contributed by atoms with Crippen LogP contribution >= 0.6 is 0 Å². The third-order valence-electron chi connectivity index (χ3n) is 3.57. The van der Waals surface area contributed by atoms with Crippen LogP contribution in [-0.2, 0) is 19.6 Å². The first-order valence-corrected chi connectivity index (χ1v) is 8.73. The van der Waals surface area contributed by atoms with Crippen molar-refractivity contribution < 1.29 is 27.1 Å². The number of rotatable bonds is 6. The van der Waals surface area contributed by atoms with Gasteiger partial charge < -0.3 is 9.47 Å². The topological polar surface area (TPSA) is 72.9 Å². The van der Waals surface area contributed by atoms with Crippen LogP contribution in [0.1, 0.15) is 5.56 Å². The third-order valence-corrected chi connectivity index (χ3v) is 5.34. The molecule has 2 aromatic carbocycles. The maximum Gasteiger partial charge on any atom is 0.326 e. The van der Waals surface area contributed by atoms with E-state index < -0.39 is 28.4 Å². The summed E-state index contributed by atoms with van der Waals surface area (Å²) in [6.45, 7) is 1.18. The lowest BCUT2D eigenvalue weighted by atomic mass is 10.2. The van der Waals surface area contributed by atoms with Crippen LogP contribution in [0.3, 0.4) is 0 Å². The first-order chi connectivity index (χ1) is 11.8. The van der Waals surface area contributed by atoms with E-state index in [9.17, 15) is 17.6 Å². The summed E-state index contributed by atoms with van der Waals surface area (Å²) in [5, 5.41) is 0. The molecular formula is C17H18FNO5S. The molecule has 2 rings (SSSR count). The van der Waals surface area contributed by atoms with Crippen LogP contribution in [0.4, 0.5) is 10.1 Å². The van der Waals surface area contributed by atoms with Gasteiger partial charge in [0.2, 0.25) is 0 Å². The molecule has 2 aromatic rings. The Kier molecular flexibility index (Phi) is 5.63. The molecule has 6 nitrogen and oxygen atoms in total. The number of sulfonamides is 1. The van der Waals surface area contributed by atoms with E-state index in [4.69, 9.17) is 4.74 Å². The highest BCUT2D eigenvalue weighted by Crippen LogP contribution is 2.27. The zero-order valence-electron chi connectivity index (χ0n) is 14.0. The van der Waals surface area contributed by atoms with Gasteiger partial charge in [-0.1, -0.05) is 0 Å². The summed E-state index contributed by atoms with van der Waals surface area (Å²) in [7, 11) is -1.42. The van der Waals surface area contributed by atoms with Crippen LogP contribution in [-0.4, -0.2) is 35.2 Å². The van der Waals surface area contributed by atoms with Crippen LogP contribution in [0.25, 0.3) is 0 Å². The molecule has 134 valence electrons. The highest BCUT2D eigenvalue weighted by molar-refractivity contribution is 7.92. The number of aryl methyl sites for hydroxylation is 1. The summed E-state index contributed by atoms with van der Waals surface area (Å²) in [6.07, 6.45) is 0. The second kappa shape index (κ2) is 7.52. The van der Waals surface area contributed by atoms with Crippen LogP contribution in [0.5, 0.6) is 5.75 Å². The van der Waals surface area contributed by atoms with Crippen molar-refractivity contribution in [2.75, 3.05) is 25.1 Å². The number of esters is 1. The van der Waals surface area contributed by atoms with Gasteiger partial charge in [-0.2, -0.15) is 0 Å². The maximum atomic E-state index is 13.2. The lowest BCUT2D eigenvalue weighted by Crippen LogP contribution is -2.36. The standard InChI is InChI=1S/C17H18FNO5S/c1-12-10-15(8-9-16(12)23-2)25(21,22)19(11-17(20)24-3)14-6-4-13(18)5-7-14/h4-10H,11H2,1-3H3. The molecule has 0 amide bonds. The number of nitrogens with zero attached hydrogens (tertiary/aromatic N) is 1. The van der Waals surface area contributed by atoms with Crippen molar-refractivity contribution in [1.29, 1.82) is 0 Å². The summed E-state index contributed by atoms with van der Waals surface area (Å²) in [5.74, 6) is -0.710. The SMILES string of the molecule is COC(=O)CN(c1ccc(F)cc1)S(=O)(=O)c1ccc(OC)c(C)c1. The maximum absolute atomic E-state index is 13.2.